The first-order valence-corrected chi connectivity index (χ1v) is 2.32. The van der Waals surface area contributed by atoms with E-state index < -0.39 is 24.9 Å². The summed E-state index contributed by atoms with van der Waals surface area (Å²) in [5, 5.41) is 0. The molecule has 0 atom stereocenters. The van der Waals surface area contributed by atoms with Crippen molar-refractivity contribution in [2.75, 3.05) is 0 Å². The van der Waals surface area contributed by atoms with Gasteiger partial charge in [0, 0.05) is 0 Å². The summed E-state index contributed by atoms with van der Waals surface area (Å²) in [6.07, 6.45) is -10.5. The predicted molar refractivity (Wildman–Crippen MR) is 22.5 cm³/mol. The zero-order valence-corrected chi connectivity index (χ0v) is 5.16. The normalized spacial score (nSPS) is 12.8. The Balaban J connectivity index is 3.90. The molecule has 12 heavy (non-hydrogen) atoms. The third-order valence-electron chi connectivity index (χ3n) is 0.531. The lowest BCUT2D eigenvalue weighted by Gasteiger charge is -2.07. The molecule has 71 valence electrons. The molecule has 0 aliphatic carbocycles. The third kappa shape index (κ3) is 4.80. The summed E-state index contributed by atoms with van der Waals surface area (Å²) in [6, 6.07) is 0. The van der Waals surface area contributed by atoms with Crippen LogP contribution < -0.4 is 0 Å². The number of halogens is 6. The molecule has 0 aliphatic heterocycles. The fourth-order valence-electron chi connectivity index (χ4n) is 0.187. The highest BCUT2D eigenvalue weighted by molar-refractivity contribution is 5.75. The van der Waals surface area contributed by atoms with Crippen molar-refractivity contribution < 1.29 is 35.9 Å². The minimum Gasteiger partial charge on any atom is -0.442 e. The van der Waals surface area contributed by atoms with Gasteiger partial charge in [0.2, 0.25) is 6.61 Å². The molecule has 1 radical (unpaired) electrons. The maximum atomic E-state index is 11.2. The van der Waals surface area contributed by atoms with Crippen molar-refractivity contribution in [2.45, 2.75) is 12.4 Å². The van der Waals surface area contributed by atoms with Crippen LogP contribution in [0.25, 0.3) is 0 Å². The molecule has 0 saturated carbocycles. The van der Waals surface area contributed by atoms with Gasteiger partial charge in [-0.1, -0.05) is 0 Å². The van der Waals surface area contributed by atoms with Crippen LogP contribution in [0.3, 0.4) is 0 Å². The van der Waals surface area contributed by atoms with E-state index in [0.717, 1.165) is 0 Å². The van der Waals surface area contributed by atoms with Gasteiger partial charge < -0.3 is 4.74 Å². The second kappa shape index (κ2) is 3.20. The number of hydrogen-bond donors (Lipinski definition) is 0. The minimum atomic E-state index is -5.41. The molecule has 0 heterocycles. The van der Waals surface area contributed by atoms with E-state index in [4.69, 9.17) is 0 Å². The van der Waals surface area contributed by atoms with Crippen LogP contribution in [0.2, 0.25) is 0 Å². The van der Waals surface area contributed by atoms with Gasteiger partial charge in [-0.2, -0.15) is 26.3 Å². The molecule has 0 saturated heterocycles. The van der Waals surface area contributed by atoms with Crippen molar-refractivity contribution in [3.8, 4) is 0 Å². The molecule has 0 aliphatic rings. The van der Waals surface area contributed by atoms with Gasteiger partial charge in [0.1, 0.15) is 0 Å². The summed E-state index contributed by atoms with van der Waals surface area (Å²) < 4.78 is 69.6. The summed E-state index contributed by atoms with van der Waals surface area (Å²) in [5.74, 6) is -2.90. The second-order valence-corrected chi connectivity index (χ2v) is 1.56. The van der Waals surface area contributed by atoms with E-state index in [1.54, 1.807) is 0 Å². The van der Waals surface area contributed by atoms with Gasteiger partial charge in [-0.25, -0.2) is 4.79 Å². The van der Waals surface area contributed by atoms with E-state index in [2.05, 4.69) is 4.74 Å². The topological polar surface area (TPSA) is 26.3 Å². The lowest BCUT2D eigenvalue weighted by atomic mass is 10.6. The van der Waals surface area contributed by atoms with E-state index in [1.165, 1.54) is 0 Å². The number of ether oxygens (including phenoxy) is 1. The summed E-state index contributed by atoms with van der Waals surface area (Å²) in [4.78, 5) is 9.63. The fourth-order valence-corrected chi connectivity index (χ4v) is 0.187. The molecule has 0 spiro atoms. The molecule has 8 heteroatoms. The van der Waals surface area contributed by atoms with Gasteiger partial charge in [-0.15, -0.1) is 0 Å². The van der Waals surface area contributed by atoms with Gasteiger partial charge in [-0.05, 0) is 0 Å². The fraction of sp³-hybridized carbons (Fsp3) is 0.500. The number of carbonyl (C=O) groups excluding carboxylic acids is 1. The van der Waals surface area contributed by atoms with Crippen molar-refractivity contribution in [2.24, 2.45) is 0 Å². The summed E-state index contributed by atoms with van der Waals surface area (Å²) in [7, 11) is 0. The summed E-state index contributed by atoms with van der Waals surface area (Å²) in [5.41, 5.74) is 0. The van der Waals surface area contributed by atoms with Gasteiger partial charge in [0.15, 0.2) is 0 Å². The minimum absolute atomic E-state index is 1.14. The quantitative estimate of drug-likeness (QED) is 0.471. The van der Waals surface area contributed by atoms with Crippen LogP contribution in [0.4, 0.5) is 26.3 Å². The third-order valence-corrected chi connectivity index (χ3v) is 0.531. The van der Waals surface area contributed by atoms with Crippen molar-refractivity contribution >= 4 is 5.97 Å². The maximum Gasteiger partial charge on any atom is 0.490 e. The Kier molecular flexibility index (Phi) is 2.94. The van der Waals surface area contributed by atoms with Crippen LogP contribution in [0.1, 0.15) is 0 Å². The number of rotatable bonds is 1. The first-order valence-electron chi connectivity index (χ1n) is 2.32. The van der Waals surface area contributed by atoms with Crippen molar-refractivity contribution in [1.82, 2.24) is 0 Å². The van der Waals surface area contributed by atoms with E-state index in [-0.39, 0.29) is 0 Å². The van der Waals surface area contributed by atoms with E-state index >= 15 is 0 Å². The monoisotopic (exact) mass is 195 g/mol. The Bertz CT molecular complexity index is 167. The van der Waals surface area contributed by atoms with Gasteiger partial charge in [-0.3, -0.25) is 0 Å². The summed E-state index contributed by atoms with van der Waals surface area (Å²) in [6.45, 7) is -1.14. The maximum absolute atomic E-state index is 11.2. The standard InChI is InChI=1S/C4HF6O2/c5-3(6,7)1-12-2(11)4(8,9)10/h1H. The smallest absolute Gasteiger partial charge is 0.442 e. The molecule has 2 nitrogen and oxygen atoms in total. The first kappa shape index (κ1) is 11.0. The van der Waals surface area contributed by atoms with Crippen LogP contribution in [0, 0.1) is 6.61 Å². The van der Waals surface area contributed by atoms with Crippen molar-refractivity contribution in [3.63, 3.8) is 0 Å². The Labute approximate surface area is 62.1 Å². The highest BCUT2D eigenvalue weighted by Gasteiger charge is 2.43. The average Bonchev–Trinajstić information content (AvgIpc) is 1.78. The molecule has 0 rings (SSSR count). The summed E-state index contributed by atoms with van der Waals surface area (Å²) >= 11 is 0. The van der Waals surface area contributed by atoms with Crippen LogP contribution in [0.15, 0.2) is 0 Å². The largest absolute Gasteiger partial charge is 0.490 e. The highest BCUT2D eigenvalue weighted by Crippen LogP contribution is 2.22. The molecular formula is C4HF6O2. The predicted octanol–water partition coefficient (Wildman–Crippen LogP) is 1.82. The molecule has 0 aromatic heterocycles. The van der Waals surface area contributed by atoms with Crippen LogP contribution in [-0.4, -0.2) is 18.3 Å². The van der Waals surface area contributed by atoms with Gasteiger partial charge in [0.05, 0.1) is 0 Å². The Hall–Kier alpha value is -0.950. The second-order valence-electron chi connectivity index (χ2n) is 1.56. The molecular weight excluding hydrogens is 194 g/mol. The van der Waals surface area contributed by atoms with Crippen LogP contribution in [0.5, 0.6) is 0 Å². The molecule has 0 fully saturated rings. The zero-order chi connectivity index (χ0) is 9.99. The lowest BCUT2D eigenvalue weighted by Crippen LogP contribution is -2.27. The molecule has 0 amide bonds. The molecule has 0 unspecified atom stereocenters. The Morgan fingerprint density at radius 1 is 1.08 bits per heavy atom. The molecule has 0 N–H and O–H groups in total. The highest BCUT2D eigenvalue weighted by atomic mass is 19.4. The van der Waals surface area contributed by atoms with Crippen LogP contribution >= 0.6 is 0 Å². The molecule has 0 aromatic rings. The lowest BCUT2D eigenvalue weighted by molar-refractivity contribution is -0.207. The molecule has 0 bridgehead atoms. The van der Waals surface area contributed by atoms with E-state index in [0.29, 0.717) is 0 Å². The zero-order valence-electron chi connectivity index (χ0n) is 5.16. The molecule has 0 aromatic carbocycles. The van der Waals surface area contributed by atoms with Gasteiger partial charge in [0.25, 0.3) is 0 Å². The van der Waals surface area contributed by atoms with Crippen molar-refractivity contribution in [3.05, 3.63) is 6.61 Å². The van der Waals surface area contributed by atoms with Gasteiger partial charge >= 0.3 is 18.3 Å². The Morgan fingerprint density at radius 3 is 1.75 bits per heavy atom. The number of carbonyl (C=O) groups is 1. The SMILES string of the molecule is O=C(O[CH]C(F)(F)F)C(F)(F)F. The number of alkyl halides is 6. The Morgan fingerprint density at radius 2 is 1.50 bits per heavy atom. The number of esters is 1. The first-order chi connectivity index (χ1) is 5.13. The van der Waals surface area contributed by atoms with E-state index in [9.17, 15) is 31.1 Å². The average molecular weight is 195 g/mol. The number of hydrogen-bond acceptors (Lipinski definition) is 2. The van der Waals surface area contributed by atoms with Crippen LogP contribution in [-0.2, 0) is 9.53 Å². The van der Waals surface area contributed by atoms with E-state index in [1.807, 2.05) is 0 Å². The van der Waals surface area contributed by atoms with Crippen molar-refractivity contribution in [1.29, 1.82) is 0 Å².